The van der Waals surface area contributed by atoms with Crippen molar-refractivity contribution in [3.8, 4) is 11.3 Å². The van der Waals surface area contributed by atoms with E-state index in [0.717, 1.165) is 17.1 Å². The van der Waals surface area contributed by atoms with E-state index in [2.05, 4.69) is 60.2 Å². The molecule has 1 heterocycles. The van der Waals surface area contributed by atoms with Gasteiger partial charge in [-0.3, -0.25) is 4.98 Å². The van der Waals surface area contributed by atoms with Gasteiger partial charge in [-0.25, -0.2) is 4.98 Å². The van der Waals surface area contributed by atoms with Crippen LogP contribution in [0.2, 0.25) is 0 Å². The Labute approximate surface area is 121 Å². The minimum absolute atomic E-state index is 0.406. The molecule has 1 aromatic heterocycles. The van der Waals surface area contributed by atoms with Crippen LogP contribution in [0.1, 0.15) is 18.5 Å². The summed E-state index contributed by atoms with van der Waals surface area (Å²) < 4.78 is 0. The minimum atomic E-state index is 0.406. The minimum Gasteiger partial charge on any atom is -0.361 e. The van der Waals surface area contributed by atoms with E-state index in [-0.39, 0.29) is 0 Å². The van der Waals surface area contributed by atoms with Crippen molar-refractivity contribution in [1.29, 1.82) is 0 Å². The Morgan fingerprint density at radius 1 is 0.950 bits per heavy atom. The summed E-state index contributed by atoms with van der Waals surface area (Å²) >= 11 is 0. The van der Waals surface area contributed by atoms with E-state index >= 15 is 0 Å². The van der Waals surface area contributed by atoms with Crippen molar-refractivity contribution >= 4 is 5.82 Å². The van der Waals surface area contributed by atoms with Gasteiger partial charge in [0.2, 0.25) is 0 Å². The van der Waals surface area contributed by atoms with Crippen LogP contribution in [0.15, 0.2) is 36.7 Å². The zero-order valence-corrected chi connectivity index (χ0v) is 12.8. The number of hydrogen-bond donors (Lipinski definition) is 0. The van der Waals surface area contributed by atoms with Gasteiger partial charge in [-0.2, -0.15) is 0 Å². The lowest BCUT2D eigenvalue weighted by molar-refractivity contribution is 0.321. The van der Waals surface area contributed by atoms with Gasteiger partial charge in [-0.1, -0.05) is 24.3 Å². The first-order chi connectivity index (χ1) is 9.49. The summed E-state index contributed by atoms with van der Waals surface area (Å²) in [5, 5.41) is 0. The van der Waals surface area contributed by atoms with E-state index in [0.29, 0.717) is 6.04 Å². The van der Waals surface area contributed by atoms with Gasteiger partial charge in [0, 0.05) is 25.7 Å². The third kappa shape index (κ3) is 3.14. The van der Waals surface area contributed by atoms with Gasteiger partial charge in [0.05, 0.1) is 18.1 Å². The maximum Gasteiger partial charge on any atom is 0.147 e. The molecule has 1 atom stereocenters. The van der Waals surface area contributed by atoms with Gasteiger partial charge in [-0.15, -0.1) is 0 Å². The largest absolute Gasteiger partial charge is 0.361 e. The number of rotatable bonds is 4. The Balaban J connectivity index is 2.28. The monoisotopic (exact) mass is 270 g/mol. The van der Waals surface area contributed by atoms with Crippen LogP contribution in [0, 0.1) is 0 Å². The summed E-state index contributed by atoms with van der Waals surface area (Å²) in [5.41, 5.74) is 3.30. The maximum atomic E-state index is 4.61. The van der Waals surface area contributed by atoms with E-state index in [9.17, 15) is 0 Å². The molecular weight excluding hydrogens is 248 g/mol. The second-order valence-corrected chi connectivity index (χ2v) is 5.42. The van der Waals surface area contributed by atoms with Gasteiger partial charge in [0.1, 0.15) is 5.82 Å². The smallest absolute Gasteiger partial charge is 0.147 e. The van der Waals surface area contributed by atoms with E-state index in [1.807, 2.05) is 19.0 Å². The molecule has 0 saturated heterocycles. The second kappa shape index (κ2) is 6.01. The van der Waals surface area contributed by atoms with Crippen molar-refractivity contribution in [1.82, 2.24) is 14.9 Å². The highest BCUT2D eigenvalue weighted by molar-refractivity contribution is 5.60. The molecule has 1 aromatic carbocycles. The van der Waals surface area contributed by atoms with E-state index in [1.54, 1.807) is 12.4 Å². The van der Waals surface area contributed by atoms with Gasteiger partial charge in [0.15, 0.2) is 0 Å². The summed E-state index contributed by atoms with van der Waals surface area (Å²) in [6.07, 6.45) is 3.57. The number of aromatic nitrogens is 2. The Morgan fingerprint density at radius 3 is 2.15 bits per heavy atom. The average Bonchev–Trinajstić information content (AvgIpc) is 2.46. The van der Waals surface area contributed by atoms with Crippen molar-refractivity contribution in [2.24, 2.45) is 0 Å². The Kier molecular flexibility index (Phi) is 4.35. The fourth-order valence-corrected chi connectivity index (χ4v) is 1.94. The summed E-state index contributed by atoms with van der Waals surface area (Å²) in [6.45, 7) is 2.20. The normalized spacial score (nSPS) is 12.5. The standard InChI is InChI=1S/C16H22N4/c1-12(19(2)3)13-6-8-14(9-7-13)15-10-17-11-16(18-15)20(4)5/h6-12H,1-5H3/t12-/m1/s1. The Hall–Kier alpha value is -1.94. The van der Waals surface area contributed by atoms with Crippen LogP contribution in [0.5, 0.6) is 0 Å². The van der Waals surface area contributed by atoms with Gasteiger partial charge in [-0.05, 0) is 26.6 Å². The summed E-state index contributed by atoms with van der Waals surface area (Å²) in [4.78, 5) is 13.0. The molecule has 0 amide bonds. The van der Waals surface area contributed by atoms with Crippen LogP contribution in [-0.4, -0.2) is 43.1 Å². The molecule has 0 fully saturated rings. The van der Waals surface area contributed by atoms with Crippen LogP contribution in [-0.2, 0) is 0 Å². The Morgan fingerprint density at radius 2 is 1.60 bits per heavy atom. The summed E-state index contributed by atoms with van der Waals surface area (Å²) in [7, 11) is 8.11. The van der Waals surface area contributed by atoms with Crippen molar-refractivity contribution in [3.05, 3.63) is 42.2 Å². The molecule has 0 bridgehead atoms. The topological polar surface area (TPSA) is 32.3 Å². The summed E-state index contributed by atoms with van der Waals surface area (Å²) in [6, 6.07) is 8.94. The number of hydrogen-bond acceptors (Lipinski definition) is 4. The lowest BCUT2D eigenvalue weighted by atomic mass is 10.0. The predicted molar refractivity (Wildman–Crippen MR) is 83.9 cm³/mol. The molecule has 0 N–H and O–H groups in total. The molecule has 0 aliphatic heterocycles. The quantitative estimate of drug-likeness (QED) is 0.855. The van der Waals surface area contributed by atoms with Crippen molar-refractivity contribution in [3.63, 3.8) is 0 Å². The average molecular weight is 270 g/mol. The van der Waals surface area contributed by atoms with E-state index in [4.69, 9.17) is 0 Å². The first-order valence-electron chi connectivity index (χ1n) is 6.75. The summed E-state index contributed by atoms with van der Waals surface area (Å²) in [5.74, 6) is 0.869. The molecule has 0 unspecified atom stereocenters. The maximum absolute atomic E-state index is 4.61. The predicted octanol–water partition coefficient (Wildman–Crippen LogP) is 2.83. The molecule has 0 spiro atoms. The van der Waals surface area contributed by atoms with Gasteiger partial charge >= 0.3 is 0 Å². The molecule has 2 rings (SSSR count). The zero-order valence-electron chi connectivity index (χ0n) is 12.8. The first kappa shape index (κ1) is 14.5. The molecule has 4 heteroatoms. The van der Waals surface area contributed by atoms with Gasteiger partial charge < -0.3 is 9.80 Å². The molecule has 0 radical (unpaired) electrons. The first-order valence-corrected chi connectivity index (χ1v) is 6.75. The third-order valence-electron chi connectivity index (χ3n) is 3.54. The van der Waals surface area contributed by atoms with Crippen LogP contribution >= 0.6 is 0 Å². The molecular formula is C16H22N4. The van der Waals surface area contributed by atoms with Crippen molar-refractivity contribution in [2.75, 3.05) is 33.1 Å². The third-order valence-corrected chi connectivity index (χ3v) is 3.54. The molecule has 0 aliphatic rings. The highest BCUT2D eigenvalue weighted by atomic mass is 15.1. The SMILES string of the molecule is C[C@H](c1ccc(-c2cncc(N(C)C)n2)cc1)N(C)C. The molecule has 0 aliphatic carbocycles. The van der Waals surface area contributed by atoms with Crippen LogP contribution < -0.4 is 4.90 Å². The van der Waals surface area contributed by atoms with Crippen LogP contribution in [0.25, 0.3) is 11.3 Å². The molecule has 20 heavy (non-hydrogen) atoms. The lowest BCUT2D eigenvalue weighted by Crippen LogP contribution is -2.16. The van der Waals surface area contributed by atoms with E-state index in [1.165, 1.54) is 5.56 Å². The van der Waals surface area contributed by atoms with Crippen LogP contribution in [0.3, 0.4) is 0 Å². The zero-order chi connectivity index (χ0) is 14.7. The number of anilines is 1. The van der Waals surface area contributed by atoms with Crippen LogP contribution in [0.4, 0.5) is 5.82 Å². The number of benzene rings is 1. The van der Waals surface area contributed by atoms with Crippen molar-refractivity contribution < 1.29 is 0 Å². The molecule has 0 saturated carbocycles. The van der Waals surface area contributed by atoms with E-state index < -0.39 is 0 Å². The lowest BCUT2D eigenvalue weighted by Gasteiger charge is -2.20. The number of nitrogens with zero attached hydrogens (tertiary/aromatic N) is 4. The fourth-order valence-electron chi connectivity index (χ4n) is 1.94. The molecule has 106 valence electrons. The second-order valence-electron chi connectivity index (χ2n) is 5.42. The van der Waals surface area contributed by atoms with Gasteiger partial charge in [0.25, 0.3) is 0 Å². The van der Waals surface area contributed by atoms with Crippen molar-refractivity contribution in [2.45, 2.75) is 13.0 Å². The molecule has 4 nitrogen and oxygen atoms in total. The Bertz CT molecular complexity index is 561. The fraction of sp³-hybridized carbons (Fsp3) is 0.375. The highest BCUT2D eigenvalue weighted by Crippen LogP contribution is 2.23. The highest BCUT2D eigenvalue weighted by Gasteiger charge is 2.08. The molecule has 2 aromatic rings.